The van der Waals surface area contributed by atoms with Gasteiger partial charge in [0.2, 0.25) is 0 Å². The van der Waals surface area contributed by atoms with E-state index in [4.69, 9.17) is 0 Å². The van der Waals surface area contributed by atoms with Gasteiger partial charge in [0, 0.05) is 13.0 Å². The number of hydrogen-bond donors (Lipinski definition) is 1. The van der Waals surface area contributed by atoms with Crippen molar-refractivity contribution < 1.29 is 0 Å². The summed E-state index contributed by atoms with van der Waals surface area (Å²) >= 11 is 0. The number of fused-ring (bicyclic) bond motifs is 1. The van der Waals surface area contributed by atoms with Crippen LogP contribution in [-0.4, -0.2) is 21.3 Å². The molecule has 2 heterocycles. The predicted molar refractivity (Wildman–Crippen MR) is 66.7 cm³/mol. The highest BCUT2D eigenvalue weighted by Gasteiger charge is 2.24. The molecular weight excluding hydrogens is 212 g/mol. The van der Waals surface area contributed by atoms with Gasteiger partial charge < -0.3 is 9.88 Å². The zero-order valence-electron chi connectivity index (χ0n) is 10.7. The third kappa shape index (κ3) is 2.51. The fourth-order valence-corrected chi connectivity index (χ4v) is 2.58. The van der Waals surface area contributed by atoms with Crippen LogP contribution in [0.1, 0.15) is 56.7 Å². The Morgan fingerprint density at radius 1 is 1.29 bits per heavy atom. The molecule has 0 aromatic carbocycles. The molecule has 1 N–H and O–H groups in total. The monoisotopic (exact) mass is 234 g/mol. The normalized spacial score (nSPS) is 21.9. The van der Waals surface area contributed by atoms with Crippen molar-refractivity contribution in [1.29, 1.82) is 0 Å². The van der Waals surface area contributed by atoms with Gasteiger partial charge in [-0.25, -0.2) is 0 Å². The number of nitrogens with zero attached hydrogens (tertiary/aromatic N) is 3. The minimum atomic E-state index is 0.343. The molecular formula is C13H22N4. The summed E-state index contributed by atoms with van der Waals surface area (Å²) in [4.78, 5) is 0. The standard InChI is InChI=1S/C13H22N4/c1-10(14-9-11-6-7-11)13-16-15-12-5-3-2-4-8-17(12)13/h10-11,14H,2-9H2,1H3. The second-order valence-corrected chi connectivity index (χ2v) is 5.51. The second-order valence-electron chi connectivity index (χ2n) is 5.51. The van der Waals surface area contributed by atoms with Crippen LogP contribution in [0.25, 0.3) is 0 Å². The highest BCUT2D eigenvalue weighted by Crippen LogP contribution is 2.28. The number of nitrogens with one attached hydrogen (secondary N) is 1. The maximum absolute atomic E-state index is 4.39. The van der Waals surface area contributed by atoms with Crippen LogP contribution in [-0.2, 0) is 13.0 Å². The predicted octanol–water partition coefficient (Wildman–Crippen LogP) is 2.07. The van der Waals surface area contributed by atoms with Gasteiger partial charge in [0.05, 0.1) is 6.04 Å². The van der Waals surface area contributed by atoms with Crippen molar-refractivity contribution in [3.63, 3.8) is 0 Å². The highest BCUT2D eigenvalue weighted by atomic mass is 15.3. The van der Waals surface area contributed by atoms with E-state index in [-0.39, 0.29) is 0 Å². The molecule has 0 saturated heterocycles. The van der Waals surface area contributed by atoms with Crippen LogP contribution in [0.15, 0.2) is 0 Å². The molecule has 0 spiro atoms. The van der Waals surface area contributed by atoms with Crippen molar-refractivity contribution in [2.24, 2.45) is 5.92 Å². The van der Waals surface area contributed by atoms with E-state index in [9.17, 15) is 0 Å². The minimum Gasteiger partial charge on any atom is -0.314 e. The second kappa shape index (κ2) is 4.77. The molecule has 1 aromatic heterocycles. The first-order chi connectivity index (χ1) is 8.34. The van der Waals surface area contributed by atoms with Crippen LogP contribution < -0.4 is 5.32 Å². The minimum absolute atomic E-state index is 0.343. The van der Waals surface area contributed by atoms with Crippen molar-refractivity contribution in [2.75, 3.05) is 6.54 Å². The zero-order chi connectivity index (χ0) is 11.7. The van der Waals surface area contributed by atoms with Crippen LogP contribution in [0.2, 0.25) is 0 Å². The van der Waals surface area contributed by atoms with E-state index >= 15 is 0 Å². The Kier molecular flexibility index (Phi) is 3.14. The molecule has 2 aliphatic rings. The van der Waals surface area contributed by atoms with E-state index in [2.05, 4.69) is 27.0 Å². The van der Waals surface area contributed by atoms with E-state index in [1.807, 2.05) is 0 Å². The Bertz CT molecular complexity index is 381. The lowest BCUT2D eigenvalue weighted by Gasteiger charge is -2.14. The summed E-state index contributed by atoms with van der Waals surface area (Å²) < 4.78 is 2.34. The Morgan fingerprint density at radius 2 is 2.18 bits per heavy atom. The van der Waals surface area contributed by atoms with Gasteiger partial charge >= 0.3 is 0 Å². The summed E-state index contributed by atoms with van der Waals surface area (Å²) in [5.41, 5.74) is 0. The lowest BCUT2D eigenvalue weighted by molar-refractivity contribution is 0.491. The number of aromatic nitrogens is 3. The smallest absolute Gasteiger partial charge is 0.149 e. The van der Waals surface area contributed by atoms with Crippen molar-refractivity contribution in [3.8, 4) is 0 Å². The van der Waals surface area contributed by atoms with Gasteiger partial charge in [0.25, 0.3) is 0 Å². The fourth-order valence-electron chi connectivity index (χ4n) is 2.58. The van der Waals surface area contributed by atoms with Gasteiger partial charge in [-0.3, -0.25) is 0 Å². The van der Waals surface area contributed by atoms with E-state index in [0.717, 1.165) is 31.3 Å². The molecule has 3 rings (SSSR count). The molecule has 1 unspecified atom stereocenters. The molecule has 1 aliphatic heterocycles. The van der Waals surface area contributed by atoms with Crippen LogP contribution in [0.3, 0.4) is 0 Å². The van der Waals surface area contributed by atoms with Crippen molar-refractivity contribution in [1.82, 2.24) is 20.1 Å². The first-order valence-electron chi connectivity index (χ1n) is 7.00. The Labute approximate surface area is 103 Å². The molecule has 1 aliphatic carbocycles. The molecule has 1 aromatic rings. The van der Waals surface area contributed by atoms with E-state index in [1.165, 1.54) is 37.9 Å². The van der Waals surface area contributed by atoms with Gasteiger partial charge in [-0.2, -0.15) is 0 Å². The molecule has 0 amide bonds. The van der Waals surface area contributed by atoms with Crippen molar-refractivity contribution >= 4 is 0 Å². The highest BCUT2D eigenvalue weighted by molar-refractivity contribution is 5.02. The Morgan fingerprint density at radius 3 is 3.00 bits per heavy atom. The lowest BCUT2D eigenvalue weighted by atomic mass is 10.2. The van der Waals surface area contributed by atoms with Gasteiger partial charge in [0.1, 0.15) is 11.6 Å². The van der Waals surface area contributed by atoms with E-state index in [0.29, 0.717) is 6.04 Å². The van der Waals surface area contributed by atoms with Gasteiger partial charge in [0.15, 0.2) is 0 Å². The summed E-state index contributed by atoms with van der Waals surface area (Å²) in [6.07, 6.45) is 7.76. The third-order valence-electron chi connectivity index (χ3n) is 3.94. The number of rotatable bonds is 4. The maximum atomic E-state index is 4.39. The average Bonchev–Trinajstić information content (AvgIpc) is 3.11. The summed E-state index contributed by atoms with van der Waals surface area (Å²) in [6, 6.07) is 0.343. The third-order valence-corrected chi connectivity index (χ3v) is 3.94. The fraction of sp³-hybridized carbons (Fsp3) is 0.846. The summed E-state index contributed by atoms with van der Waals surface area (Å²) in [6.45, 7) is 4.46. The van der Waals surface area contributed by atoms with E-state index < -0.39 is 0 Å². The average molecular weight is 234 g/mol. The van der Waals surface area contributed by atoms with Gasteiger partial charge in [-0.05, 0) is 45.1 Å². The quantitative estimate of drug-likeness (QED) is 0.867. The molecule has 0 bridgehead atoms. The summed E-state index contributed by atoms with van der Waals surface area (Å²) in [5.74, 6) is 3.25. The van der Waals surface area contributed by atoms with Crippen LogP contribution in [0, 0.1) is 5.92 Å². The molecule has 4 nitrogen and oxygen atoms in total. The maximum Gasteiger partial charge on any atom is 0.149 e. The molecule has 0 radical (unpaired) electrons. The molecule has 17 heavy (non-hydrogen) atoms. The number of hydrogen-bond acceptors (Lipinski definition) is 3. The van der Waals surface area contributed by atoms with Gasteiger partial charge in [-0.15, -0.1) is 10.2 Å². The SMILES string of the molecule is CC(NCC1CC1)c1nnc2n1CCCCC2. The Balaban J connectivity index is 1.70. The lowest BCUT2D eigenvalue weighted by Crippen LogP contribution is -2.24. The topological polar surface area (TPSA) is 42.7 Å². The zero-order valence-corrected chi connectivity index (χ0v) is 10.7. The molecule has 4 heteroatoms. The first-order valence-corrected chi connectivity index (χ1v) is 7.00. The van der Waals surface area contributed by atoms with Crippen LogP contribution in [0.4, 0.5) is 0 Å². The first kappa shape index (κ1) is 11.2. The Hall–Kier alpha value is -0.900. The molecule has 1 fully saturated rings. The van der Waals surface area contributed by atoms with Crippen molar-refractivity contribution in [3.05, 3.63) is 11.6 Å². The van der Waals surface area contributed by atoms with Crippen LogP contribution in [0.5, 0.6) is 0 Å². The number of aryl methyl sites for hydroxylation is 1. The molecule has 1 saturated carbocycles. The summed E-state index contributed by atoms with van der Waals surface area (Å²) in [7, 11) is 0. The molecule has 1 atom stereocenters. The van der Waals surface area contributed by atoms with Crippen LogP contribution >= 0.6 is 0 Å². The van der Waals surface area contributed by atoms with Crippen molar-refractivity contribution in [2.45, 2.75) is 58.0 Å². The van der Waals surface area contributed by atoms with Gasteiger partial charge in [-0.1, -0.05) is 6.42 Å². The largest absolute Gasteiger partial charge is 0.314 e. The molecule has 94 valence electrons. The van der Waals surface area contributed by atoms with E-state index in [1.54, 1.807) is 0 Å². The summed E-state index contributed by atoms with van der Waals surface area (Å²) in [5, 5.41) is 12.3.